The van der Waals surface area contributed by atoms with Crippen molar-refractivity contribution in [2.24, 2.45) is 5.92 Å². The minimum absolute atomic E-state index is 0.0198. The molecule has 0 aromatic carbocycles. The van der Waals surface area contributed by atoms with Crippen molar-refractivity contribution in [2.45, 2.75) is 32.3 Å². The fourth-order valence-electron chi connectivity index (χ4n) is 1.54. The summed E-state index contributed by atoms with van der Waals surface area (Å²) in [5.74, 6) is -0.0962. The lowest BCUT2D eigenvalue weighted by Gasteiger charge is -2.24. The van der Waals surface area contributed by atoms with Crippen LogP contribution in [0.1, 0.15) is 26.2 Å². The second kappa shape index (κ2) is 4.21. The van der Waals surface area contributed by atoms with Gasteiger partial charge >= 0.3 is 5.97 Å². The normalized spacial score (nSPS) is 28.2. The Balaban J connectivity index is 2.48. The molecule has 1 saturated carbocycles. The van der Waals surface area contributed by atoms with Crippen LogP contribution in [-0.4, -0.2) is 17.9 Å². The molecule has 0 aliphatic heterocycles. The Morgan fingerprint density at radius 2 is 2.31 bits per heavy atom. The number of rotatable bonds is 2. The van der Waals surface area contributed by atoms with Crippen molar-refractivity contribution in [1.82, 2.24) is 0 Å². The van der Waals surface area contributed by atoms with E-state index >= 15 is 0 Å². The summed E-state index contributed by atoms with van der Waals surface area (Å²) < 4.78 is 4.87. The van der Waals surface area contributed by atoms with Crippen molar-refractivity contribution in [2.75, 3.05) is 0 Å². The van der Waals surface area contributed by atoms with Crippen LogP contribution in [0, 0.1) is 5.92 Å². The largest absolute Gasteiger partial charge is 0.455 e. The standard InChI is InChI=1S/C10H14O3/c1-3-8-4-5-10(9(12)6-8)13-7(2)11/h3,8,10H,1,4-6H2,2H3/t8-,10+/m1/s1. The van der Waals surface area contributed by atoms with Crippen molar-refractivity contribution < 1.29 is 14.3 Å². The predicted molar refractivity (Wildman–Crippen MR) is 48.1 cm³/mol. The molecule has 1 aliphatic rings. The lowest BCUT2D eigenvalue weighted by atomic mass is 9.86. The van der Waals surface area contributed by atoms with E-state index < -0.39 is 6.10 Å². The Hall–Kier alpha value is -1.12. The van der Waals surface area contributed by atoms with E-state index in [0.29, 0.717) is 12.8 Å². The van der Waals surface area contributed by atoms with Crippen LogP contribution in [0.2, 0.25) is 0 Å². The van der Waals surface area contributed by atoms with Gasteiger partial charge in [0.2, 0.25) is 0 Å². The first kappa shape index (κ1) is 9.96. The summed E-state index contributed by atoms with van der Waals surface area (Å²) in [6.45, 7) is 4.97. The molecule has 0 aromatic heterocycles. The molecular weight excluding hydrogens is 168 g/mol. The number of hydrogen-bond acceptors (Lipinski definition) is 3. The molecule has 0 unspecified atom stereocenters. The Morgan fingerprint density at radius 1 is 1.62 bits per heavy atom. The molecule has 0 spiro atoms. The quantitative estimate of drug-likeness (QED) is 0.480. The summed E-state index contributed by atoms with van der Waals surface area (Å²) in [6.07, 6.45) is 3.26. The molecule has 13 heavy (non-hydrogen) atoms. The molecule has 3 heteroatoms. The van der Waals surface area contributed by atoms with Gasteiger partial charge in [-0.05, 0) is 18.8 Å². The Kier molecular flexibility index (Phi) is 3.23. The molecule has 0 N–H and O–H groups in total. The maximum Gasteiger partial charge on any atom is 0.303 e. The molecule has 0 aromatic rings. The van der Waals surface area contributed by atoms with Gasteiger partial charge in [-0.25, -0.2) is 0 Å². The average molecular weight is 182 g/mol. The zero-order valence-electron chi connectivity index (χ0n) is 7.79. The van der Waals surface area contributed by atoms with E-state index in [4.69, 9.17) is 4.74 Å². The third-order valence-electron chi connectivity index (χ3n) is 2.26. The Bertz CT molecular complexity index is 232. The van der Waals surface area contributed by atoms with E-state index in [-0.39, 0.29) is 17.7 Å². The molecular formula is C10H14O3. The summed E-state index contributed by atoms with van der Waals surface area (Å²) >= 11 is 0. The average Bonchev–Trinajstić information content (AvgIpc) is 2.08. The highest BCUT2D eigenvalue weighted by molar-refractivity contribution is 5.86. The summed E-state index contributed by atoms with van der Waals surface area (Å²) in [7, 11) is 0. The van der Waals surface area contributed by atoms with Gasteiger partial charge in [-0.1, -0.05) is 6.08 Å². The molecule has 0 heterocycles. The van der Waals surface area contributed by atoms with Crippen molar-refractivity contribution >= 4 is 11.8 Å². The maximum atomic E-state index is 11.4. The molecule has 0 amide bonds. The van der Waals surface area contributed by atoms with Crippen LogP contribution in [0.4, 0.5) is 0 Å². The van der Waals surface area contributed by atoms with Gasteiger partial charge in [-0.15, -0.1) is 6.58 Å². The summed E-state index contributed by atoms with van der Waals surface area (Å²) in [5.41, 5.74) is 0. The summed E-state index contributed by atoms with van der Waals surface area (Å²) in [5, 5.41) is 0. The number of ether oxygens (including phenoxy) is 1. The molecule has 2 atom stereocenters. The molecule has 0 saturated heterocycles. The number of esters is 1. The number of ketones is 1. The lowest BCUT2D eigenvalue weighted by molar-refractivity contribution is -0.155. The Morgan fingerprint density at radius 3 is 2.77 bits per heavy atom. The van der Waals surface area contributed by atoms with E-state index in [9.17, 15) is 9.59 Å². The van der Waals surface area contributed by atoms with E-state index in [1.165, 1.54) is 6.92 Å². The van der Waals surface area contributed by atoms with E-state index in [1.54, 1.807) is 6.08 Å². The van der Waals surface area contributed by atoms with Gasteiger partial charge in [-0.3, -0.25) is 9.59 Å². The SMILES string of the molecule is C=C[C@@H]1CC[C@H](OC(C)=O)C(=O)C1. The van der Waals surface area contributed by atoms with Crippen LogP contribution in [-0.2, 0) is 14.3 Å². The molecule has 0 radical (unpaired) electrons. The fourth-order valence-corrected chi connectivity index (χ4v) is 1.54. The number of hydrogen-bond donors (Lipinski definition) is 0. The number of allylic oxidation sites excluding steroid dienone is 1. The van der Waals surface area contributed by atoms with E-state index in [2.05, 4.69) is 6.58 Å². The van der Waals surface area contributed by atoms with Crippen LogP contribution < -0.4 is 0 Å². The monoisotopic (exact) mass is 182 g/mol. The van der Waals surface area contributed by atoms with Gasteiger partial charge in [0.1, 0.15) is 0 Å². The van der Waals surface area contributed by atoms with Gasteiger partial charge in [0.25, 0.3) is 0 Å². The first-order valence-corrected chi connectivity index (χ1v) is 4.46. The number of Topliss-reactive ketones (excluding diaryl/α,β-unsaturated/α-hetero) is 1. The highest BCUT2D eigenvalue weighted by Gasteiger charge is 2.28. The third kappa shape index (κ3) is 2.68. The molecule has 1 fully saturated rings. The summed E-state index contributed by atoms with van der Waals surface area (Å²) in [4.78, 5) is 22.0. The van der Waals surface area contributed by atoms with Crippen molar-refractivity contribution in [3.8, 4) is 0 Å². The smallest absolute Gasteiger partial charge is 0.303 e. The van der Waals surface area contributed by atoms with Gasteiger partial charge in [0.05, 0.1) is 0 Å². The van der Waals surface area contributed by atoms with Crippen molar-refractivity contribution in [3.05, 3.63) is 12.7 Å². The molecule has 3 nitrogen and oxygen atoms in total. The zero-order valence-corrected chi connectivity index (χ0v) is 7.79. The van der Waals surface area contributed by atoms with Gasteiger partial charge in [-0.2, -0.15) is 0 Å². The molecule has 1 aliphatic carbocycles. The maximum absolute atomic E-state index is 11.4. The fraction of sp³-hybridized carbons (Fsp3) is 0.600. The van der Waals surface area contributed by atoms with Crippen LogP contribution in [0.25, 0.3) is 0 Å². The Labute approximate surface area is 77.8 Å². The third-order valence-corrected chi connectivity index (χ3v) is 2.26. The molecule has 0 bridgehead atoms. The minimum Gasteiger partial charge on any atom is -0.455 e. The van der Waals surface area contributed by atoms with Gasteiger partial charge in [0, 0.05) is 13.3 Å². The van der Waals surface area contributed by atoms with Gasteiger partial charge in [0.15, 0.2) is 11.9 Å². The first-order valence-electron chi connectivity index (χ1n) is 4.46. The highest BCUT2D eigenvalue weighted by Crippen LogP contribution is 2.24. The second-order valence-electron chi connectivity index (χ2n) is 3.34. The van der Waals surface area contributed by atoms with E-state index in [0.717, 1.165) is 6.42 Å². The summed E-state index contributed by atoms with van der Waals surface area (Å²) in [6, 6.07) is 0. The minimum atomic E-state index is -0.506. The van der Waals surface area contributed by atoms with Gasteiger partial charge < -0.3 is 4.74 Å². The topological polar surface area (TPSA) is 43.4 Å². The molecule has 1 rings (SSSR count). The lowest BCUT2D eigenvalue weighted by Crippen LogP contribution is -2.32. The second-order valence-corrected chi connectivity index (χ2v) is 3.34. The predicted octanol–water partition coefficient (Wildman–Crippen LogP) is 1.47. The van der Waals surface area contributed by atoms with Crippen LogP contribution in [0.3, 0.4) is 0 Å². The first-order chi connectivity index (χ1) is 6.13. The van der Waals surface area contributed by atoms with Crippen LogP contribution in [0.15, 0.2) is 12.7 Å². The number of carbonyl (C=O) groups excluding carboxylic acids is 2. The van der Waals surface area contributed by atoms with Crippen LogP contribution in [0.5, 0.6) is 0 Å². The van der Waals surface area contributed by atoms with Crippen molar-refractivity contribution in [1.29, 1.82) is 0 Å². The highest BCUT2D eigenvalue weighted by atomic mass is 16.5. The van der Waals surface area contributed by atoms with E-state index in [1.807, 2.05) is 0 Å². The van der Waals surface area contributed by atoms with Crippen LogP contribution >= 0.6 is 0 Å². The number of carbonyl (C=O) groups is 2. The molecule has 72 valence electrons. The van der Waals surface area contributed by atoms with Crippen molar-refractivity contribution in [3.63, 3.8) is 0 Å². The zero-order chi connectivity index (χ0) is 9.84.